The lowest BCUT2D eigenvalue weighted by molar-refractivity contribution is -0.116. The largest absolute Gasteiger partial charge is 0.495 e. The maximum Gasteiger partial charge on any atom is 0.262 e. The quantitative estimate of drug-likeness (QED) is 0.437. The molecule has 0 aromatic heterocycles. The number of amides is 1. The number of ether oxygens (including phenoxy) is 2. The lowest BCUT2D eigenvalue weighted by atomic mass is 10.2. The number of rotatable bonds is 10. The number of anilines is 2. The van der Waals surface area contributed by atoms with Crippen LogP contribution in [0.2, 0.25) is 0 Å². The van der Waals surface area contributed by atoms with E-state index in [-0.39, 0.29) is 17.2 Å². The van der Waals surface area contributed by atoms with Gasteiger partial charge < -0.3 is 14.8 Å². The second kappa shape index (κ2) is 10.7. The second-order valence-corrected chi connectivity index (χ2v) is 8.83. The van der Waals surface area contributed by atoms with Crippen LogP contribution in [0.3, 0.4) is 0 Å². The zero-order chi connectivity index (χ0) is 23.0. The molecule has 0 aliphatic carbocycles. The van der Waals surface area contributed by atoms with E-state index < -0.39 is 10.0 Å². The summed E-state index contributed by atoms with van der Waals surface area (Å²) in [5.74, 6) is 0.962. The Morgan fingerprint density at radius 3 is 2.53 bits per heavy atom. The van der Waals surface area contributed by atoms with Gasteiger partial charge in [0.1, 0.15) is 11.5 Å². The molecule has 0 saturated heterocycles. The summed E-state index contributed by atoms with van der Waals surface area (Å²) < 4.78 is 38.9. The molecule has 0 spiro atoms. The second-order valence-electron chi connectivity index (χ2n) is 7.15. The summed E-state index contributed by atoms with van der Waals surface area (Å²) in [5, 5.41) is 2.74. The van der Waals surface area contributed by atoms with Crippen LogP contribution in [-0.2, 0) is 14.8 Å². The fraction of sp³-hybridized carbons (Fsp3) is 0.208. The van der Waals surface area contributed by atoms with Crippen molar-refractivity contribution in [3.63, 3.8) is 0 Å². The fourth-order valence-corrected chi connectivity index (χ4v) is 4.14. The highest BCUT2D eigenvalue weighted by Gasteiger charge is 2.17. The molecular formula is C24H26N2O5S. The van der Waals surface area contributed by atoms with Gasteiger partial charge in [0.15, 0.2) is 0 Å². The molecule has 168 valence electrons. The van der Waals surface area contributed by atoms with Crippen molar-refractivity contribution in [2.45, 2.75) is 24.7 Å². The minimum absolute atomic E-state index is 0.0315. The molecule has 7 nitrogen and oxygen atoms in total. The Morgan fingerprint density at radius 1 is 0.969 bits per heavy atom. The number of para-hydroxylation sites is 2. The third kappa shape index (κ3) is 6.49. The van der Waals surface area contributed by atoms with Crippen molar-refractivity contribution in [3.05, 3.63) is 78.4 Å². The predicted molar refractivity (Wildman–Crippen MR) is 125 cm³/mol. The summed E-state index contributed by atoms with van der Waals surface area (Å²) in [7, 11) is -2.39. The van der Waals surface area contributed by atoms with Gasteiger partial charge in [0.2, 0.25) is 5.91 Å². The summed E-state index contributed by atoms with van der Waals surface area (Å²) in [6.45, 7) is 2.40. The average Bonchev–Trinajstić information content (AvgIpc) is 2.77. The Balaban J connectivity index is 1.56. The molecule has 1 amide bonds. The number of sulfonamides is 1. The Labute approximate surface area is 188 Å². The molecule has 3 aromatic rings. The molecular weight excluding hydrogens is 428 g/mol. The van der Waals surface area contributed by atoms with Crippen molar-refractivity contribution in [1.29, 1.82) is 0 Å². The van der Waals surface area contributed by atoms with Crippen LogP contribution in [-0.4, -0.2) is 28.0 Å². The van der Waals surface area contributed by atoms with Crippen LogP contribution in [0.4, 0.5) is 11.4 Å². The van der Waals surface area contributed by atoms with Gasteiger partial charge in [-0.25, -0.2) is 8.42 Å². The van der Waals surface area contributed by atoms with E-state index in [4.69, 9.17) is 9.47 Å². The maximum atomic E-state index is 12.8. The monoisotopic (exact) mass is 454 g/mol. The number of carbonyl (C=O) groups excluding carboxylic acids is 1. The van der Waals surface area contributed by atoms with E-state index in [1.54, 1.807) is 36.4 Å². The standard InChI is InChI=1S/C24H26N2O5S/c1-18-8-5-10-20(16-18)31-15-7-14-24(27)25-19-9-6-11-21(17-19)32(28,29)26-22-12-3-4-13-23(22)30-2/h3-6,8-13,16-17,26H,7,14-15H2,1-2H3,(H,25,27). The predicted octanol–water partition coefficient (Wildman–Crippen LogP) is 4.60. The molecule has 8 heteroatoms. The van der Waals surface area contributed by atoms with E-state index in [9.17, 15) is 13.2 Å². The molecule has 0 saturated carbocycles. The van der Waals surface area contributed by atoms with Gasteiger partial charge in [-0.2, -0.15) is 0 Å². The number of benzene rings is 3. The van der Waals surface area contributed by atoms with Gasteiger partial charge in [0.05, 0.1) is 24.3 Å². The van der Waals surface area contributed by atoms with E-state index in [0.29, 0.717) is 30.2 Å². The average molecular weight is 455 g/mol. The highest BCUT2D eigenvalue weighted by molar-refractivity contribution is 7.92. The zero-order valence-corrected chi connectivity index (χ0v) is 18.8. The van der Waals surface area contributed by atoms with Crippen LogP contribution >= 0.6 is 0 Å². The van der Waals surface area contributed by atoms with Gasteiger partial charge in [-0.15, -0.1) is 0 Å². The Hall–Kier alpha value is -3.52. The molecule has 0 heterocycles. The maximum absolute atomic E-state index is 12.8. The first kappa shape index (κ1) is 23.1. The van der Waals surface area contributed by atoms with E-state index in [1.807, 2.05) is 31.2 Å². The van der Waals surface area contributed by atoms with Crippen LogP contribution in [0.1, 0.15) is 18.4 Å². The van der Waals surface area contributed by atoms with Crippen LogP contribution in [0.5, 0.6) is 11.5 Å². The van der Waals surface area contributed by atoms with Crippen molar-refractivity contribution in [3.8, 4) is 11.5 Å². The zero-order valence-electron chi connectivity index (χ0n) is 18.0. The lowest BCUT2D eigenvalue weighted by Gasteiger charge is -2.12. The molecule has 0 atom stereocenters. The smallest absolute Gasteiger partial charge is 0.262 e. The Morgan fingerprint density at radius 2 is 1.75 bits per heavy atom. The third-order valence-electron chi connectivity index (χ3n) is 4.59. The molecule has 0 bridgehead atoms. The highest BCUT2D eigenvalue weighted by atomic mass is 32.2. The normalized spacial score (nSPS) is 10.9. The highest BCUT2D eigenvalue weighted by Crippen LogP contribution is 2.27. The van der Waals surface area contributed by atoms with Crippen molar-refractivity contribution >= 4 is 27.3 Å². The summed E-state index contributed by atoms with van der Waals surface area (Å²) >= 11 is 0. The Kier molecular flexibility index (Phi) is 7.72. The molecule has 3 aromatic carbocycles. The first-order valence-electron chi connectivity index (χ1n) is 10.1. The van der Waals surface area contributed by atoms with Crippen molar-refractivity contribution in [2.24, 2.45) is 0 Å². The number of carbonyl (C=O) groups is 1. The summed E-state index contributed by atoms with van der Waals surface area (Å²) in [4.78, 5) is 12.3. The molecule has 0 radical (unpaired) electrons. The molecule has 0 fully saturated rings. The van der Waals surface area contributed by atoms with Gasteiger partial charge in [0.25, 0.3) is 10.0 Å². The van der Waals surface area contributed by atoms with Crippen molar-refractivity contribution < 1.29 is 22.7 Å². The molecule has 0 unspecified atom stereocenters. The third-order valence-corrected chi connectivity index (χ3v) is 5.95. The van der Waals surface area contributed by atoms with E-state index >= 15 is 0 Å². The minimum atomic E-state index is -3.86. The van der Waals surface area contributed by atoms with Gasteiger partial charge in [0, 0.05) is 12.1 Å². The summed E-state index contributed by atoms with van der Waals surface area (Å²) in [5.41, 5.74) is 1.84. The van der Waals surface area contributed by atoms with Crippen molar-refractivity contribution in [1.82, 2.24) is 0 Å². The fourth-order valence-electron chi connectivity index (χ4n) is 3.03. The van der Waals surface area contributed by atoms with E-state index in [0.717, 1.165) is 11.3 Å². The van der Waals surface area contributed by atoms with Gasteiger partial charge in [-0.05, 0) is 61.4 Å². The molecule has 32 heavy (non-hydrogen) atoms. The van der Waals surface area contributed by atoms with E-state index in [2.05, 4.69) is 10.0 Å². The SMILES string of the molecule is COc1ccccc1NS(=O)(=O)c1cccc(NC(=O)CCCOc2cccc(C)c2)c1. The lowest BCUT2D eigenvalue weighted by Crippen LogP contribution is -2.15. The molecule has 0 aliphatic rings. The van der Waals surface area contributed by atoms with Gasteiger partial charge >= 0.3 is 0 Å². The van der Waals surface area contributed by atoms with Crippen molar-refractivity contribution in [2.75, 3.05) is 23.8 Å². The van der Waals surface area contributed by atoms with Gasteiger partial charge in [-0.3, -0.25) is 9.52 Å². The van der Waals surface area contributed by atoms with Crippen LogP contribution in [0.15, 0.2) is 77.7 Å². The molecule has 3 rings (SSSR count). The van der Waals surface area contributed by atoms with E-state index in [1.165, 1.54) is 19.2 Å². The minimum Gasteiger partial charge on any atom is -0.495 e. The van der Waals surface area contributed by atoms with Crippen LogP contribution < -0.4 is 19.5 Å². The number of hydrogen-bond donors (Lipinski definition) is 2. The molecule has 2 N–H and O–H groups in total. The number of aryl methyl sites for hydroxylation is 1. The summed E-state index contributed by atoms with van der Waals surface area (Å²) in [6, 6.07) is 20.5. The number of nitrogens with one attached hydrogen (secondary N) is 2. The summed E-state index contributed by atoms with van der Waals surface area (Å²) in [6.07, 6.45) is 0.787. The van der Waals surface area contributed by atoms with Gasteiger partial charge in [-0.1, -0.05) is 30.3 Å². The van der Waals surface area contributed by atoms with Crippen LogP contribution in [0, 0.1) is 6.92 Å². The Bertz CT molecular complexity index is 1180. The topological polar surface area (TPSA) is 93.7 Å². The first-order chi connectivity index (χ1) is 15.4. The number of methoxy groups -OCH3 is 1. The first-order valence-corrected chi connectivity index (χ1v) is 11.6. The molecule has 0 aliphatic heterocycles. The van der Waals surface area contributed by atoms with Crippen LogP contribution in [0.25, 0.3) is 0 Å². The number of hydrogen-bond acceptors (Lipinski definition) is 5.